The number of nitrogens with two attached hydrogens (primary N) is 1. The molecule has 1 aromatic heterocycles. The van der Waals surface area contributed by atoms with Crippen molar-refractivity contribution >= 4 is 5.69 Å². The van der Waals surface area contributed by atoms with Crippen molar-refractivity contribution in [2.75, 3.05) is 18.9 Å². The highest BCUT2D eigenvalue weighted by Gasteiger charge is 2.37. The minimum atomic E-state index is 0.297. The van der Waals surface area contributed by atoms with Gasteiger partial charge in [0.15, 0.2) is 0 Å². The Morgan fingerprint density at radius 3 is 2.85 bits per heavy atom. The Kier molecular flexibility index (Phi) is 5.80. The summed E-state index contributed by atoms with van der Waals surface area (Å²) < 4.78 is 6.01. The van der Waals surface area contributed by atoms with E-state index in [1.54, 1.807) is 6.20 Å². The first-order valence-corrected chi connectivity index (χ1v) is 7.79. The molecule has 1 fully saturated rings. The molecule has 2 unspecified atom stereocenters. The number of ether oxygens (including phenoxy) is 1. The van der Waals surface area contributed by atoms with Gasteiger partial charge in [-0.05, 0) is 56.7 Å². The monoisotopic (exact) mass is 277 g/mol. The minimum absolute atomic E-state index is 0.297. The maximum absolute atomic E-state index is 6.05. The predicted octanol–water partition coefficient (Wildman–Crippen LogP) is 2.39. The second-order valence-corrected chi connectivity index (χ2v) is 5.60. The molecule has 0 spiro atoms. The number of aromatic nitrogens is 1. The summed E-state index contributed by atoms with van der Waals surface area (Å²) in [5, 5.41) is 3.64. The largest absolute Gasteiger partial charge is 0.398 e. The van der Waals surface area contributed by atoms with E-state index < -0.39 is 0 Å². The maximum atomic E-state index is 6.05. The van der Waals surface area contributed by atoms with Crippen LogP contribution >= 0.6 is 0 Å². The average molecular weight is 277 g/mol. The van der Waals surface area contributed by atoms with E-state index in [4.69, 9.17) is 10.5 Å². The Morgan fingerprint density at radius 2 is 2.25 bits per heavy atom. The quantitative estimate of drug-likeness (QED) is 0.727. The number of nitrogens with zero attached hydrogens (tertiary/aromatic N) is 1. The lowest BCUT2D eigenvalue weighted by Crippen LogP contribution is -2.44. The summed E-state index contributed by atoms with van der Waals surface area (Å²) in [6, 6.07) is 2.20. The number of pyridine rings is 1. The van der Waals surface area contributed by atoms with Crippen molar-refractivity contribution in [3.8, 4) is 0 Å². The van der Waals surface area contributed by atoms with E-state index in [1.807, 2.05) is 12.3 Å². The zero-order chi connectivity index (χ0) is 14.4. The van der Waals surface area contributed by atoms with Gasteiger partial charge in [0.25, 0.3) is 0 Å². The molecule has 1 aliphatic carbocycles. The van der Waals surface area contributed by atoms with Gasteiger partial charge in [0.2, 0.25) is 0 Å². The highest BCUT2D eigenvalue weighted by atomic mass is 16.5. The summed E-state index contributed by atoms with van der Waals surface area (Å²) in [4.78, 5) is 4.20. The molecule has 0 radical (unpaired) electrons. The SMILES string of the molecule is CCCNC(Cc1cnccc1N)C(OCC)C1CC1. The van der Waals surface area contributed by atoms with E-state index in [0.717, 1.165) is 37.2 Å². The molecule has 1 aromatic rings. The highest BCUT2D eigenvalue weighted by Crippen LogP contribution is 2.36. The van der Waals surface area contributed by atoms with Crippen LogP contribution in [0.3, 0.4) is 0 Å². The lowest BCUT2D eigenvalue weighted by molar-refractivity contribution is 0.0192. The molecule has 0 aliphatic heterocycles. The fourth-order valence-electron chi connectivity index (χ4n) is 2.68. The van der Waals surface area contributed by atoms with Crippen molar-refractivity contribution in [1.29, 1.82) is 0 Å². The summed E-state index contributed by atoms with van der Waals surface area (Å²) in [5.74, 6) is 0.710. The van der Waals surface area contributed by atoms with Crippen LogP contribution in [-0.2, 0) is 11.2 Å². The van der Waals surface area contributed by atoms with Crippen molar-refractivity contribution in [2.24, 2.45) is 5.92 Å². The van der Waals surface area contributed by atoms with Gasteiger partial charge < -0.3 is 15.8 Å². The topological polar surface area (TPSA) is 60.2 Å². The third kappa shape index (κ3) is 4.18. The number of hydrogen-bond donors (Lipinski definition) is 2. The van der Waals surface area contributed by atoms with Crippen LogP contribution in [-0.4, -0.2) is 30.3 Å². The van der Waals surface area contributed by atoms with E-state index >= 15 is 0 Å². The van der Waals surface area contributed by atoms with E-state index in [1.165, 1.54) is 12.8 Å². The molecule has 4 heteroatoms. The molecule has 2 rings (SSSR count). The molecular formula is C16H27N3O. The van der Waals surface area contributed by atoms with Crippen molar-refractivity contribution in [3.05, 3.63) is 24.0 Å². The molecule has 2 atom stereocenters. The fraction of sp³-hybridized carbons (Fsp3) is 0.688. The van der Waals surface area contributed by atoms with Gasteiger partial charge in [-0.1, -0.05) is 6.92 Å². The Labute approximate surface area is 122 Å². The second-order valence-electron chi connectivity index (χ2n) is 5.60. The Morgan fingerprint density at radius 1 is 1.45 bits per heavy atom. The van der Waals surface area contributed by atoms with E-state index in [-0.39, 0.29) is 0 Å². The average Bonchev–Trinajstić information content (AvgIpc) is 3.28. The molecule has 1 saturated carbocycles. The minimum Gasteiger partial charge on any atom is -0.398 e. The molecule has 0 amide bonds. The van der Waals surface area contributed by atoms with Crippen LogP contribution in [0.2, 0.25) is 0 Å². The van der Waals surface area contributed by atoms with E-state index in [9.17, 15) is 0 Å². The van der Waals surface area contributed by atoms with Crippen LogP contribution in [0.15, 0.2) is 18.5 Å². The van der Waals surface area contributed by atoms with E-state index in [2.05, 4.69) is 24.1 Å². The molecule has 0 saturated heterocycles. The number of nitrogen functional groups attached to an aromatic ring is 1. The highest BCUT2D eigenvalue weighted by molar-refractivity contribution is 5.44. The molecule has 3 N–H and O–H groups in total. The Bertz CT molecular complexity index is 406. The van der Waals surface area contributed by atoms with Crippen molar-refractivity contribution in [3.63, 3.8) is 0 Å². The van der Waals surface area contributed by atoms with Gasteiger partial charge in [-0.2, -0.15) is 0 Å². The summed E-state index contributed by atoms with van der Waals surface area (Å²) in [6.07, 6.45) is 8.52. The van der Waals surface area contributed by atoms with Gasteiger partial charge in [-0.15, -0.1) is 0 Å². The third-order valence-electron chi connectivity index (χ3n) is 3.88. The van der Waals surface area contributed by atoms with Gasteiger partial charge in [-0.3, -0.25) is 4.98 Å². The molecular weight excluding hydrogens is 250 g/mol. The fourth-order valence-corrected chi connectivity index (χ4v) is 2.68. The van der Waals surface area contributed by atoms with Gasteiger partial charge in [0, 0.05) is 30.7 Å². The molecule has 1 heterocycles. The number of rotatable bonds is 9. The van der Waals surface area contributed by atoms with Crippen LogP contribution in [0.1, 0.15) is 38.7 Å². The van der Waals surface area contributed by atoms with Crippen molar-refractivity contribution in [1.82, 2.24) is 10.3 Å². The lowest BCUT2D eigenvalue weighted by atomic mass is 9.98. The van der Waals surface area contributed by atoms with Crippen LogP contribution in [0, 0.1) is 5.92 Å². The number of hydrogen-bond acceptors (Lipinski definition) is 4. The third-order valence-corrected chi connectivity index (χ3v) is 3.88. The van der Waals surface area contributed by atoms with Gasteiger partial charge in [0.1, 0.15) is 0 Å². The van der Waals surface area contributed by atoms with Gasteiger partial charge >= 0.3 is 0 Å². The van der Waals surface area contributed by atoms with Crippen LogP contribution in [0.5, 0.6) is 0 Å². The first-order valence-electron chi connectivity index (χ1n) is 7.79. The lowest BCUT2D eigenvalue weighted by Gasteiger charge is -2.28. The molecule has 1 aliphatic rings. The molecule has 4 nitrogen and oxygen atoms in total. The first-order chi connectivity index (χ1) is 9.76. The van der Waals surface area contributed by atoms with Gasteiger partial charge in [0.05, 0.1) is 6.10 Å². The zero-order valence-corrected chi connectivity index (χ0v) is 12.6. The van der Waals surface area contributed by atoms with Crippen molar-refractivity contribution < 1.29 is 4.74 Å². The molecule has 0 bridgehead atoms. The van der Waals surface area contributed by atoms with Crippen molar-refractivity contribution in [2.45, 2.75) is 51.7 Å². The second kappa shape index (κ2) is 7.60. The molecule has 0 aromatic carbocycles. The zero-order valence-electron chi connectivity index (χ0n) is 12.6. The number of nitrogens with one attached hydrogen (secondary N) is 1. The predicted molar refractivity (Wildman–Crippen MR) is 82.6 cm³/mol. The Balaban J connectivity index is 2.07. The van der Waals surface area contributed by atoms with Crippen LogP contribution in [0.4, 0.5) is 5.69 Å². The molecule has 20 heavy (non-hydrogen) atoms. The first kappa shape index (κ1) is 15.3. The summed E-state index contributed by atoms with van der Waals surface area (Å²) in [5.41, 5.74) is 8.00. The van der Waals surface area contributed by atoms with Gasteiger partial charge in [-0.25, -0.2) is 0 Å². The summed E-state index contributed by atoms with van der Waals surface area (Å²) in [7, 11) is 0. The maximum Gasteiger partial charge on any atom is 0.0759 e. The Hall–Kier alpha value is -1.13. The molecule has 112 valence electrons. The summed E-state index contributed by atoms with van der Waals surface area (Å²) in [6.45, 7) is 6.05. The van der Waals surface area contributed by atoms with Crippen LogP contribution in [0.25, 0.3) is 0 Å². The summed E-state index contributed by atoms with van der Waals surface area (Å²) >= 11 is 0. The van der Waals surface area contributed by atoms with E-state index in [0.29, 0.717) is 18.1 Å². The smallest absolute Gasteiger partial charge is 0.0759 e. The normalized spacial score (nSPS) is 17.9. The van der Waals surface area contributed by atoms with Crippen LogP contribution < -0.4 is 11.1 Å². The standard InChI is InChI=1S/C16H27N3O/c1-3-8-19-15(16(20-4-2)12-5-6-12)10-13-11-18-9-7-14(13)17/h7,9,11-12,15-16,19H,3-6,8,10H2,1-2H3,(H2,17,18). The number of anilines is 1.